The molecule has 108 valence electrons. The van der Waals surface area contributed by atoms with Gasteiger partial charge in [-0.2, -0.15) is 0 Å². The second-order valence-corrected chi connectivity index (χ2v) is 4.73. The van der Waals surface area contributed by atoms with E-state index in [1.54, 1.807) is 0 Å². The van der Waals surface area contributed by atoms with Crippen LogP contribution in [0.2, 0.25) is 0 Å². The van der Waals surface area contributed by atoms with Crippen molar-refractivity contribution < 1.29 is 27.1 Å². The monoisotopic (exact) mass is 291 g/mol. The molecule has 0 radical (unpaired) electrons. The van der Waals surface area contributed by atoms with E-state index in [0.29, 0.717) is 6.08 Å². The molecule has 0 aliphatic heterocycles. The lowest BCUT2D eigenvalue weighted by atomic mass is 9.85. The number of allylic oxidation sites excluding steroid dienone is 2. The lowest BCUT2D eigenvalue weighted by molar-refractivity contribution is 0.160. The van der Waals surface area contributed by atoms with Gasteiger partial charge >= 0.3 is 0 Å². The maximum atomic E-state index is 13.7. The number of halogens is 5. The van der Waals surface area contributed by atoms with Gasteiger partial charge in [0, 0.05) is 11.6 Å². The number of hydrogen-bond donors (Lipinski definition) is 2. The molecule has 2 unspecified atom stereocenters. The highest BCUT2D eigenvalue weighted by molar-refractivity contribution is 5.80. The summed E-state index contributed by atoms with van der Waals surface area (Å²) < 4.78 is 67.0. The van der Waals surface area contributed by atoms with Gasteiger partial charge in [0.1, 0.15) is 11.6 Å². The van der Waals surface area contributed by atoms with E-state index in [2.05, 4.69) is 0 Å². The van der Waals surface area contributed by atoms with E-state index in [9.17, 15) is 27.1 Å². The molecule has 0 saturated carbocycles. The fourth-order valence-corrected chi connectivity index (χ4v) is 1.88. The molecular formula is C13H10F5NO. The van der Waals surface area contributed by atoms with Crippen molar-refractivity contribution in [3.63, 3.8) is 0 Å². The van der Waals surface area contributed by atoms with Crippen molar-refractivity contribution in [3.05, 3.63) is 52.9 Å². The highest BCUT2D eigenvalue weighted by Crippen LogP contribution is 2.36. The molecule has 2 nitrogen and oxygen atoms in total. The van der Waals surface area contributed by atoms with E-state index in [0.717, 1.165) is 6.08 Å². The molecule has 1 aliphatic rings. The van der Waals surface area contributed by atoms with Gasteiger partial charge in [-0.3, -0.25) is 0 Å². The summed E-state index contributed by atoms with van der Waals surface area (Å²) in [6, 6.07) is 0.112. The summed E-state index contributed by atoms with van der Waals surface area (Å²) in [6.45, 7) is 1.29. The van der Waals surface area contributed by atoms with Crippen LogP contribution >= 0.6 is 0 Å². The van der Waals surface area contributed by atoms with Crippen LogP contribution in [0, 0.1) is 23.3 Å². The third-order valence-corrected chi connectivity index (χ3v) is 3.04. The zero-order valence-electron chi connectivity index (χ0n) is 10.2. The van der Waals surface area contributed by atoms with Gasteiger partial charge in [0.25, 0.3) is 0 Å². The van der Waals surface area contributed by atoms with Gasteiger partial charge in [-0.1, -0.05) is 6.08 Å². The standard InChI is InChI=1S/C13H10F5NO/c1-13(19)4-5(6(14)3-9(13)20)10-7(15)2-8(16)11(17)12(10)18/h2-4,9,20H,19H2,1H3. The van der Waals surface area contributed by atoms with Crippen molar-refractivity contribution in [2.45, 2.75) is 18.6 Å². The minimum absolute atomic E-state index is 0.112. The van der Waals surface area contributed by atoms with Gasteiger partial charge in [0.15, 0.2) is 17.5 Å². The largest absolute Gasteiger partial charge is 0.387 e. The molecular weight excluding hydrogens is 281 g/mol. The van der Waals surface area contributed by atoms with Crippen molar-refractivity contribution in [3.8, 4) is 0 Å². The SMILES string of the molecule is CC1(N)C=C(c2c(F)cc(F)c(F)c2F)C(F)=CC1O. The van der Waals surface area contributed by atoms with Crippen LogP contribution in [0.1, 0.15) is 12.5 Å². The van der Waals surface area contributed by atoms with E-state index in [4.69, 9.17) is 5.73 Å². The van der Waals surface area contributed by atoms with E-state index < -0.39 is 51.9 Å². The summed E-state index contributed by atoms with van der Waals surface area (Å²) in [5.41, 5.74) is 2.38. The zero-order chi connectivity index (χ0) is 15.2. The molecule has 0 amide bonds. The minimum Gasteiger partial charge on any atom is -0.387 e. The van der Waals surface area contributed by atoms with E-state index in [1.165, 1.54) is 6.92 Å². The number of aliphatic hydroxyl groups is 1. The first-order valence-corrected chi connectivity index (χ1v) is 5.56. The average molecular weight is 291 g/mol. The Hall–Kier alpha value is -1.73. The Morgan fingerprint density at radius 2 is 1.70 bits per heavy atom. The van der Waals surface area contributed by atoms with Crippen molar-refractivity contribution in [1.82, 2.24) is 0 Å². The summed E-state index contributed by atoms with van der Waals surface area (Å²) in [7, 11) is 0. The van der Waals surface area contributed by atoms with Crippen molar-refractivity contribution >= 4 is 5.57 Å². The third kappa shape index (κ3) is 2.23. The number of hydrogen-bond acceptors (Lipinski definition) is 2. The number of aliphatic hydroxyl groups excluding tert-OH is 1. The van der Waals surface area contributed by atoms with Crippen molar-refractivity contribution in [2.24, 2.45) is 5.73 Å². The Bertz CT molecular complexity index is 636. The molecule has 0 spiro atoms. The fourth-order valence-electron chi connectivity index (χ4n) is 1.88. The second-order valence-electron chi connectivity index (χ2n) is 4.73. The van der Waals surface area contributed by atoms with Gasteiger partial charge in [-0.15, -0.1) is 0 Å². The number of benzene rings is 1. The Kier molecular flexibility index (Phi) is 3.43. The van der Waals surface area contributed by atoms with Gasteiger partial charge in [0.2, 0.25) is 0 Å². The summed E-state index contributed by atoms with van der Waals surface area (Å²) in [5.74, 6) is -8.14. The third-order valence-electron chi connectivity index (χ3n) is 3.04. The fraction of sp³-hybridized carbons (Fsp3) is 0.231. The highest BCUT2D eigenvalue weighted by Gasteiger charge is 2.34. The molecule has 20 heavy (non-hydrogen) atoms. The highest BCUT2D eigenvalue weighted by atomic mass is 19.2. The van der Waals surface area contributed by atoms with Gasteiger partial charge in [-0.05, 0) is 13.0 Å². The number of rotatable bonds is 1. The summed E-state index contributed by atoms with van der Waals surface area (Å²) >= 11 is 0. The summed E-state index contributed by atoms with van der Waals surface area (Å²) in [5, 5.41) is 9.50. The lowest BCUT2D eigenvalue weighted by Gasteiger charge is -2.30. The Morgan fingerprint density at radius 3 is 2.30 bits per heavy atom. The van der Waals surface area contributed by atoms with Crippen LogP contribution < -0.4 is 5.73 Å². The molecule has 1 aromatic rings. The zero-order valence-corrected chi connectivity index (χ0v) is 10.2. The minimum atomic E-state index is -1.92. The predicted molar refractivity (Wildman–Crippen MR) is 62.0 cm³/mol. The molecule has 0 fully saturated rings. The van der Waals surface area contributed by atoms with Crippen LogP contribution in [0.25, 0.3) is 5.57 Å². The van der Waals surface area contributed by atoms with Crippen molar-refractivity contribution in [2.75, 3.05) is 0 Å². The molecule has 0 saturated heterocycles. The average Bonchev–Trinajstić information content (AvgIpc) is 2.33. The van der Waals surface area contributed by atoms with E-state index >= 15 is 0 Å². The van der Waals surface area contributed by atoms with E-state index in [-0.39, 0.29) is 6.07 Å². The summed E-state index contributed by atoms with van der Waals surface area (Å²) in [6.07, 6.45) is 0.101. The Balaban J connectivity index is 2.69. The van der Waals surface area contributed by atoms with Gasteiger partial charge < -0.3 is 10.8 Å². The lowest BCUT2D eigenvalue weighted by Crippen LogP contribution is -2.47. The Labute approximate surface area is 111 Å². The molecule has 7 heteroatoms. The van der Waals surface area contributed by atoms with Crippen LogP contribution in [-0.4, -0.2) is 16.7 Å². The van der Waals surface area contributed by atoms with E-state index in [1.807, 2.05) is 0 Å². The van der Waals surface area contributed by atoms with Gasteiger partial charge in [-0.25, -0.2) is 22.0 Å². The Morgan fingerprint density at radius 1 is 1.10 bits per heavy atom. The molecule has 3 N–H and O–H groups in total. The van der Waals surface area contributed by atoms with Crippen LogP contribution in [0.15, 0.2) is 24.0 Å². The molecule has 0 bridgehead atoms. The quantitative estimate of drug-likeness (QED) is 0.474. The first-order valence-electron chi connectivity index (χ1n) is 5.56. The van der Waals surface area contributed by atoms with Crippen LogP contribution in [-0.2, 0) is 0 Å². The molecule has 2 rings (SSSR count). The topological polar surface area (TPSA) is 46.2 Å². The van der Waals surface area contributed by atoms with Crippen LogP contribution in [0.4, 0.5) is 22.0 Å². The second kappa shape index (κ2) is 4.68. The molecule has 1 aromatic carbocycles. The predicted octanol–water partition coefficient (Wildman–Crippen LogP) is 2.57. The maximum Gasteiger partial charge on any atom is 0.195 e. The molecule has 2 atom stereocenters. The normalized spacial score (nSPS) is 26.3. The van der Waals surface area contributed by atoms with Crippen LogP contribution in [0.3, 0.4) is 0 Å². The molecule has 1 aliphatic carbocycles. The molecule has 0 heterocycles. The van der Waals surface area contributed by atoms with Gasteiger partial charge in [0.05, 0.1) is 17.2 Å². The smallest absolute Gasteiger partial charge is 0.195 e. The maximum absolute atomic E-state index is 13.7. The summed E-state index contributed by atoms with van der Waals surface area (Å²) in [4.78, 5) is 0. The first-order chi connectivity index (χ1) is 9.15. The van der Waals surface area contributed by atoms with Crippen LogP contribution in [0.5, 0.6) is 0 Å². The first kappa shape index (κ1) is 14.7. The van der Waals surface area contributed by atoms with Crippen molar-refractivity contribution in [1.29, 1.82) is 0 Å². The molecule has 0 aromatic heterocycles. The number of nitrogens with two attached hydrogens (primary N) is 1.